The Hall–Kier alpha value is -2.57. The van der Waals surface area contributed by atoms with Crippen molar-refractivity contribution >= 4 is 28.9 Å². The maximum Gasteiger partial charge on any atom is 0.250 e. The van der Waals surface area contributed by atoms with Gasteiger partial charge in [0.15, 0.2) is 0 Å². The molecule has 0 saturated carbocycles. The molecule has 0 fully saturated rings. The van der Waals surface area contributed by atoms with E-state index in [1.54, 1.807) is 12.1 Å². The van der Waals surface area contributed by atoms with Gasteiger partial charge in [-0.1, -0.05) is 11.6 Å². The van der Waals surface area contributed by atoms with Crippen LogP contribution in [0.3, 0.4) is 0 Å². The van der Waals surface area contributed by atoms with E-state index in [2.05, 4.69) is 10.5 Å². The molecule has 0 radical (unpaired) electrons. The number of amides is 1. The summed E-state index contributed by atoms with van der Waals surface area (Å²) in [4.78, 5) is 11.0. The molecule has 1 amide bonds. The first-order chi connectivity index (χ1) is 8.08. The van der Waals surface area contributed by atoms with E-state index >= 15 is 0 Å². The topological polar surface area (TPSA) is 115 Å². The van der Waals surface area contributed by atoms with E-state index in [4.69, 9.17) is 27.9 Å². The first-order valence-electron chi connectivity index (χ1n) is 4.31. The van der Waals surface area contributed by atoms with Crippen molar-refractivity contribution in [2.45, 2.75) is 0 Å². The first-order valence-corrected chi connectivity index (χ1v) is 4.69. The molecule has 1 aromatic carbocycles. The summed E-state index contributed by atoms with van der Waals surface area (Å²) in [5, 5.41) is 20.6. The molecule has 6 nitrogen and oxygen atoms in total. The number of hydrazone groups is 1. The summed E-state index contributed by atoms with van der Waals surface area (Å²) >= 11 is 5.74. The number of nitrogens with zero attached hydrogens (tertiary/aromatic N) is 3. The molecule has 84 valence electrons. The summed E-state index contributed by atoms with van der Waals surface area (Å²) in [5.41, 5.74) is 7.73. The first kappa shape index (κ1) is 12.5. The number of nitrogens with one attached hydrogen (secondary N) is 1. The van der Waals surface area contributed by atoms with E-state index < -0.39 is 5.91 Å². The fourth-order valence-corrected chi connectivity index (χ4v) is 1.19. The van der Waals surface area contributed by atoms with Crippen molar-refractivity contribution < 1.29 is 4.79 Å². The molecule has 0 aromatic heterocycles. The van der Waals surface area contributed by atoms with Crippen LogP contribution in [0.2, 0.25) is 5.02 Å². The molecule has 0 aliphatic carbocycles. The maximum absolute atomic E-state index is 11.0. The van der Waals surface area contributed by atoms with Gasteiger partial charge in [-0.3, -0.25) is 10.2 Å². The minimum absolute atomic E-state index is 0.127. The van der Waals surface area contributed by atoms with Crippen LogP contribution in [-0.2, 0) is 0 Å². The molecule has 3 N–H and O–H groups in total. The molecule has 0 saturated heterocycles. The van der Waals surface area contributed by atoms with E-state index in [0.29, 0.717) is 5.69 Å². The third-order valence-corrected chi connectivity index (χ3v) is 2.07. The van der Waals surface area contributed by atoms with E-state index in [1.165, 1.54) is 18.2 Å². The number of primary amides is 1. The van der Waals surface area contributed by atoms with Crippen molar-refractivity contribution in [3.05, 3.63) is 28.8 Å². The second-order valence-corrected chi connectivity index (χ2v) is 3.26. The van der Waals surface area contributed by atoms with Crippen LogP contribution in [0.25, 0.3) is 0 Å². The Bertz CT molecular complexity index is 551. The van der Waals surface area contributed by atoms with Gasteiger partial charge in [-0.25, -0.2) is 0 Å². The van der Waals surface area contributed by atoms with Gasteiger partial charge in [0.05, 0.1) is 16.3 Å². The van der Waals surface area contributed by atoms with E-state index in [9.17, 15) is 4.79 Å². The van der Waals surface area contributed by atoms with E-state index in [0.717, 1.165) is 0 Å². The van der Waals surface area contributed by atoms with Crippen molar-refractivity contribution in [1.82, 2.24) is 0 Å². The second-order valence-electron chi connectivity index (χ2n) is 2.85. The van der Waals surface area contributed by atoms with Crippen molar-refractivity contribution in [2.75, 3.05) is 5.43 Å². The smallest absolute Gasteiger partial charge is 0.250 e. The minimum atomic E-state index is -0.677. The summed E-state index contributed by atoms with van der Waals surface area (Å²) in [5.74, 6) is -0.677. The molecule has 1 aromatic rings. The van der Waals surface area contributed by atoms with Gasteiger partial charge in [0.2, 0.25) is 11.6 Å². The highest BCUT2D eigenvalue weighted by atomic mass is 35.5. The number of carbonyl (C=O) groups is 1. The molecule has 1 rings (SSSR count). The Balaban J connectivity index is 3.00. The Morgan fingerprint density at radius 3 is 2.59 bits per heavy atom. The van der Waals surface area contributed by atoms with Gasteiger partial charge >= 0.3 is 0 Å². The average Bonchev–Trinajstić information content (AvgIpc) is 2.32. The van der Waals surface area contributed by atoms with Gasteiger partial charge in [-0.2, -0.15) is 15.6 Å². The van der Waals surface area contributed by atoms with Gasteiger partial charge in [-0.15, -0.1) is 0 Å². The molecule has 0 unspecified atom stereocenters. The summed E-state index contributed by atoms with van der Waals surface area (Å²) in [6.07, 6.45) is 0. The summed E-state index contributed by atoms with van der Waals surface area (Å²) in [6.45, 7) is 0. The lowest BCUT2D eigenvalue weighted by atomic mass is 10.2. The number of halogens is 1. The van der Waals surface area contributed by atoms with Crippen LogP contribution in [0, 0.1) is 22.7 Å². The van der Waals surface area contributed by atoms with Crippen LogP contribution in [0.4, 0.5) is 5.69 Å². The molecular weight excluding hydrogens is 242 g/mol. The van der Waals surface area contributed by atoms with Gasteiger partial charge in [0.25, 0.3) is 0 Å². The summed E-state index contributed by atoms with van der Waals surface area (Å²) in [6, 6.07) is 7.52. The zero-order chi connectivity index (χ0) is 12.8. The van der Waals surface area contributed by atoms with Crippen molar-refractivity contribution in [2.24, 2.45) is 10.8 Å². The largest absolute Gasteiger partial charge is 0.366 e. The van der Waals surface area contributed by atoms with E-state index in [-0.39, 0.29) is 16.3 Å². The van der Waals surface area contributed by atoms with Crippen LogP contribution in [-0.4, -0.2) is 11.6 Å². The molecule has 0 bridgehead atoms. The molecule has 0 heterocycles. The van der Waals surface area contributed by atoms with Gasteiger partial charge in [-0.05, 0) is 18.2 Å². The number of nitriles is 2. The zero-order valence-electron chi connectivity index (χ0n) is 8.44. The normalized spacial score (nSPS) is 8.65. The minimum Gasteiger partial charge on any atom is -0.366 e. The lowest BCUT2D eigenvalue weighted by Crippen LogP contribution is -2.11. The Kier molecular flexibility index (Phi) is 4.04. The standard InChI is InChI=1S/C10H6ClN5O/c11-9-2-1-6(3-8(9)10(14)17)15-16-7(4-12)5-13/h1-3,15H,(H2,14,17). The lowest BCUT2D eigenvalue weighted by molar-refractivity contribution is 0.100. The third-order valence-electron chi connectivity index (χ3n) is 1.74. The highest BCUT2D eigenvalue weighted by molar-refractivity contribution is 6.33. The number of anilines is 1. The third kappa shape index (κ3) is 3.20. The molecule has 0 aliphatic rings. The quantitative estimate of drug-likeness (QED) is 0.618. The van der Waals surface area contributed by atoms with Gasteiger partial charge in [0, 0.05) is 0 Å². The molecule has 0 spiro atoms. The summed E-state index contributed by atoms with van der Waals surface area (Å²) < 4.78 is 0. The Labute approximate surface area is 102 Å². The van der Waals surface area contributed by atoms with Crippen LogP contribution >= 0.6 is 11.6 Å². The maximum atomic E-state index is 11.0. The van der Waals surface area contributed by atoms with Gasteiger partial charge < -0.3 is 5.73 Å². The number of hydrogen-bond acceptors (Lipinski definition) is 5. The van der Waals surface area contributed by atoms with Crippen LogP contribution in [0.1, 0.15) is 10.4 Å². The Morgan fingerprint density at radius 1 is 1.41 bits per heavy atom. The van der Waals surface area contributed by atoms with Crippen molar-refractivity contribution in [3.8, 4) is 12.1 Å². The van der Waals surface area contributed by atoms with E-state index in [1.807, 2.05) is 0 Å². The van der Waals surface area contributed by atoms with Gasteiger partial charge in [0.1, 0.15) is 12.1 Å². The number of carbonyl (C=O) groups excluding carboxylic acids is 1. The Morgan fingerprint density at radius 2 is 2.06 bits per heavy atom. The zero-order valence-corrected chi connectivity index (χ0v) is 9.19. The summed E-state index contributed by atoms with van der Waals surface area (Å²) in [7, 11) is 0. The fourth-order valence-electron chi connectivity index (χ4n) is 0.979. The highest BCUT2D eigenvalue weighted by Crippen LogP contribution is 2.20. The number of hydrogen-bond donors (Lipinski definition) is 2. The predicted molar refractivity (Wildman–Crippen MR) is 62.3 cm³/mol. The monoisotopic (exact) mass is 247 g/mol. The molecular formula is C10H6ClN5O. The predicted octanol–water partition coefficient (Wildman–Crippen LogP) is 1.25. The van der Waals surface area contributed by atoms with Crippen LogP contribution in [0.5, 0.6) is 0 Å². The van der Waals surface area contributed by atoms with Crippen molar-refractivity contribution in [3.63, 3.8) is 0 Å². The SMILES string of the molecule is N#CC(C#N)=NNc1ccc(Cl)c(C(N)=O)c1. The lowest BCUT2D eigenvalue weighted by Gasteiger charge is -2.03. The molecule has 7 heteroatoms. The molecule has 0 aliphatic heterocycles. The fraction of sp³-hybridized carbons (Fsp3) is 0. The average molecular weight is 248 g/mol. The second kappa shape index (κ2) is 5.50. The van der Waals surface area contributed by atoms with Crippen LogP contribution in [0.15, 0.2) is 23.3 Å². The van der Waals surface area contributed by atoms with Crippen LogP contribution < -0.4 is 11.2 Å². The molecule has 0 atom stereocenters. The highest BCUT2D eigenvalue weighted by Gasteiger charge is 2.07. The number of benzene rings is 1. The molecule has 17 heavy (non-hydrogen) atoms. The number of rotatable bonds is 3. The number of nitrogens with two attached hydrogens (primary N) is 1. The van der Waals surface area contributed by atoms with Crippen molar-refractivity contribution in [1.29, 1.82) is 10.5 Å².